The highest BCUT2D eigenvalue weighted by Crippen LogP contribution is 2.15. The van der Waals surface area contributed by atoms with Crippen LogP contribution in [-0.4, -0.2) is 36.7 Å². The molecule has 1 aromatic carbocycles. The van der Waals surface area contributed by atoms with Gasteiger partial charge in [0.05, 0.1) is 26.2 Å². The Kier molecular flexibility index (Phi) is 5.19. The molecule has 0 fully saturated rings. The van der Waals surface area contributed by atoms with E-state index in [0.717, 1.165) is 0 Å². The Morgan fingerprint density at radius 1 is 1.00 bits per heavy atom. The number of benzene rings is 1. The van der Waals surface area contributed by atoms with Crippen LogP contribution in [0.2, 0.25) is 0 Å². The van der Waals surface area contributed by atoms with Gasteiger partial charge in [0.25, 0.3) is 0 Å². The fourth-order valence-corrected chi connectivity index (χ4v) is 2.01. The highest BCUT2D eigenvalue weighted by atomic mass is 16.5. The summed E-state index contributed by atoms with van der Waals surface area (Å²) in [7, 11) is 2.74. The summed E-state index contributed by atoms with van der Waals surface area (Å²) in [5, 5.41) is 0. The zero-order valence-corrected chi connectivity index (χ0v) is 12.7. The normalized spacial score (nSPS) is 10.0. The predicted octanol–water partition coefficient (Wildman–Crippen LogP) is 2.33. The largest absolute Gasteiger partial charge is 0.497 e. The summed E-state index contributed by atoms with van der Waals surface area (Å²) in [5.41, 5.74) is 0.360. The molecule has 0 aliphatic rings. The van der Waals surface area contributed by atoms with Gasteiger partial charge >= 0.3 is 5.97 Å². The summed E-state index contributed by atoms with van der Waals surface area (Å²) in [5.74, 6) is -0.949. The van der Waals surface area contributed by atoms with Gasteiger partial charge in [-0.2, -0.15) is 0 Å². The summed E-state index contributed by atoms with van der Waals surface area (Å²) in [6, 6.07) is 9.39. The van der Waals surface area contributed by atoms with E-state index >= 15 is 0 Å². The van der Waals surface area contributed by atoms with Crippen LogP contribution in [0.1, 0.15) is 37.6 Å². The fourth-order valence-electron chi connectivity index (χ4n) is 2.01. The first-order chi connectivity index (χ1) is 11.1. The van der Waals surface area contributed by atoms with Gasteiger partial charge in [-0.1, -0.05) is 0 Å². The topological polar surface area (TPSA) is 82.6 Å². The Morgan fingerprint density at radius 2 is 1.70 bits per heavy atom. The molecular formula is C17H15NO5. The molecular weight excluding hydrogens is 298 g/mol. The van der Waals surface area contributed by atoms with Gasteiger partial charge in [0.15, 0.2) is 11.6 Å². The van der Waals surface area contributed by atoms with Crippen molar-refractivity contribution in [1.82, 2.24) is 4.98 Å². The molecule has 0 saturated carbocycles. The zero-order valence-electron chi connectivity index (χ0n) is 12.7. The van der Waals surface area contributed by atoms with Crippen LogP contribution in [0.3, 0.4) is 0 Å². The van der Waals surface area contributed by atoms with E-state index in [0.29, 0.717) is 11.3 Å². The number of pyridine rings is 1. The van der Waals surface area contributed by atoms with E-state index in [4.69, 9.17) is 4.74 Å². The lowest BCUT2D eigenvalue weighted by Crippen LogP contribution is -2.15. The van der Waals surface area contributed by atoms with Gasteiger partial charge < -0.3 is 9.47 Å². The molecule has 0 radical (unpaired) electrons. The lowest BCUT2D eigenvalue weighted by molar-refractivity contribution is 0.0595. The SMILES string of the molecule is COC(=O)c1cccnc1C(=O)CC(=O)c1ccc(OC)cc1. The maximum absolute atomic E-state index is 12.3. The van der Waals surface area contributed by atoms with Crippen molar-refractivity contribution in [2.24, 2.45) is 0 Å². The number of ether oxygens (including phenoxy) is 2. The minimum absolute atomic E-state index is 0.0440. The second-order valence-electron chi connectivity index (χ2n) is 4.64. The Labute approximate surface area is 133 Å². The Bertz CT molecular complexity index is 737. The third-order valence-corrected chi connectivity index (χ3v) is 3.21. The molecule has 2 aromatic rings. The number of aromatic nitrogens is 1. The number of hydrogen-bond donors (Lipinski definition) is 0. The van der Waals surface area contributed by atoms with Crippen LogP contribution in [0.4, 0.5) is 0 Å². The summed E-state index contributed by atoms with van der Waals surface area (Å²) in [6.07, 6.45) is 1.00. The van der Waals surface area contributed by atoms with Gasteiger partial charge in [0.1, 0.15) is 11.4 Å². The number of carbonyl (C=O) groups excluding carboxylic acids is 3. The number of hydrogen-bond acceptors (Lipinski definition) is 6. The average Bonchev–Trinajstić information content (AvgIpc) is 2.61. The van der Waals surface area contributed by atoms with E-state index in [1.165, 1.54) is 32.5 Å². The van der Waals surface area contributed by atoms with Gasteiger partial charge in [-0.3, -0.25) is 14.6 Å². The number of Topliss-reactive ketones (excluding diaryl/α,β-unsaturated/α-hetero) is 2. The first kappa shape index (κ1) is 16.4. The number of rotatable bonds is 6. The third kappa shape index (κ3) is 3.79. The van der Waals surface area contributed by atoms with E-state index in [9.17, 15) is 14.4 Å². The monoisotopic (exact) mass is 313 g/mol. The molecule has 0 N–H and O–H groups in total. The third-order valence-electron chi connectivity index (χ3n) is 3.21. The maximum atomic E-state index is 12.3. The van der Waals surface area contributed by atoms with Gasteiger partial charge in [-0.15, -0.1) is 0 Å². The quantitative estimate of drug-likeness (QED) is 0.462. The summed E-state index contributed by atoms with van der Waals surface area (Å²) < 4.78 is 9.63. The van der Waals surface area contributed by atoms with Crippen LogP contribution < -0.4 is 4.74 Å². The second kappa shape index (κ2) is 7.31. The van der Waals surface area contributed by atoms with Crippen molar-refractivity contribution < 1.29 is 23.9 Å². The summed E-state index contributed by atoms with van der Waals surface area (Å²) >= 11 is 0. The van der Waals surface area contributed by atoms with Crippen molar-refractivity contribution in [3.8, 4) is 5.75 Å². The molecule has 1 aromatic heterocycles. The molecule has 0 bridgehead atoms. The number of carbonyl (C=O) groups is 3. The van der Waals surface area contributed by atoms with E-state index in [1.54, 1.807) is 24.3 Å². The van der Waals surface area contributed by atoms with E-state index < -0.39 is 11.8 Å². The highest BCUT2D eigenvalue weighted by Gasteiger charge is 2.21. The van der Waals surface area contributed by atoms with Crippen LogP contribution >= 0.6 is 0 Å². The van der Waals surface area contributed by atoms with E-state index in [-0.39, 0.29) is 23.5 Å². The second-order valence-corrected chi connectivity index (χ2v) is 4.64. The maximum Gasteiger partial charge on any atom is 0.340 e. The molecule has 1 heterocycles. The van der Waals surface area contributed by atoms with Crippen molar-refractivity contribution in [3.63, 3.8) is 0 Å². The Balaban J connectivity index is 2.18. The molecule has 0 spiro atoms. The smallest absolute Gasteiger partial charge is 0.340 e. The van der Waals surface area contributed by atoms with Crippen LogP contribution in [0.25, 0.3) is 0 Å². The first-order valence-electron chi connectivity index (χ1n) is 6.80. The van der Waals surface area contributed by atoms with E-state index in [2.05, 4.69) is 9.72 Å². The first-order valence-corrected chi connectivity index (χ1v) is 6.80. The van der Waals surface area contributed by atoms with Gasteiger partial charge in [0, 0.05) is 11.8 Å². The molecule has 0 aliphatic heterocycles. The standard InChI is InChI=1S/C17H15NO5/c1-22-12-7-5-11(6-8-12)14(19)10-15(20)16-13(17(21)23-2)4-3-9-18-16/h3-9H,10H2,1-2H3. The Hall–Kier alpha value is -3.02. The molecule has 118 valence electrons. The minimum atomic E-state index is -0.668. The van der Waals surface area contributed by atoms with Gasteiger partial charge in [-0.05, 0) is 36.4 Å². The highest BCUT2D eigenvalue weighted by molar-refractivity contribution is 6.15. The fraction of sp³-hybridized carbons (Fsp3) is 0.176. The molecule has 0 amide bonds. The molecule has 6 heteroatoms. The molecule has 0 unspecified atom stereocenters. The average molecular weight is 313 g/mol. The van der Waals surface area contributed by atoms with Crippen molar-refractivity contribution in [2.75, 3.05) is 14.2 Å². The van der Waals surface area contributed by atoms with Crippen LogP contribution in [0.5, 0.6) is 5.75 Å². The molecule has 0 saturated heterocycles. The van der Waals surface area contributed by atoms with Crippen LogP contribution in [-0.2, 0) is 4.74 Å². The number of nitrogens with zero attached hydrogens (tertiary/aromatic N) is 1. The molecule has 0 atom stereocenters. The van der Waals surface area contributed by atoms with Crippen LogP contribution in [0, 0.1) is 0 Å². The summed E-state index contributed by atoms with van der Waals surface area (Å²) in [4.78, 5) is 40.0. The summed E-state index contributed by atoms with van der Waals surface area (Å²) in [6.45, 7) is 0. The lowest BCUT2D eigenvalue weighted by atomic mass is 10.0. The van der Waals surface area contributed by atoms with Gasteiger partial charge in [-0.25, -0.2) is 4.79 Å². The minimum Gasteiger partial charge on any atom is -0.497 e. The predicted molar refractivity (Wildman–Crippen MR) is 81.8 cm³/mol. The van der Waals surface area contributed by atoms with Crippen molar-refractivity contribution in [1.29, 1.82) is 0 Å². The lowest BCUT2D eigenvalue weighted by Gasteiger charge is -2.06. The molecule has 23 heavy (non-hydrogen) atoms. The number of ketones is 2. The van der Waals surface area contributed by atoms with Crippen molar-refractivity contribution in [2.45, 2.75) is 6.42 Å². The molecule has 2 rings (SSSR count). The van der Waals surface area contributed by atoms with Crippen molar-refractivity contribution in [3.05, 3.63) is 59.4 Å². The molecule has 0 aliphatic carbocycles. The molecule has 6 nitrogen and oxygen atoms in total. The number of esters is 1. The van der Waals surface area contributed by atoms with Crippen LogP contribution in [0.15, 0.2) is 42.6 Å². The number of methoxy groups -OCH3 is 2. The van der Waals surface area contributed by atoms with Gasteiger partial charge in [0.2, 0.25) is 0 Å². The zero-order chi connectivity index (χ0) is 16.8. The van der Waals surface area contributed by atoms with Crippen molar-refractivity contribution >= 4 is 17.5 Å². The van der Waals surface area contributed by atoms with E-state index in [1.807, 2.05) is 0 Å². The Morgan fingerprint density at radius 3 is 2.30 bits per heavy atom.